The van der Waals surface area contributed by atoms with Crippen LogP contribution in [0.1, 0.15) is 0 Å². The van der Waals surface area contributed by atoms with Crippen LogP contribution >= 0.6 is 0 Å². The van der Waals surface area contributed by atoms with E-state index < -0.39 is 17.6 Å². The minimum Gasteiger partial charge on any atom is -0.277 e. The number of hydrogen-bond acceptors (Lipinski definition) is 3. The van der Waals surface area contributed by atoms with Gasteiger partial charge in [-0.15, -0.1) is 0 Å². The van der Waals surface area contributed by atoms with Crippen LogP contribution in [0.4, 0.5) is 0 Å². The predicted octanol–water partition coefficient (Wildman–Crippen LogP) is -1.44. The molecule has 1 aromatic rings. The summed E-state index contributed by atoms with van der Waals surface area (Å²) in [6.45, 7) is 0. The number of carbonyl (C=O) groups excluding carboxylic acids is 3. The molecule has 0 spiro atoms. The summed E-state index contributed by atoms with van der Waals surface area (Å²) in [6, 6.07) is 6.32. The molecular weight excluding hydrogens is 184 g/mol. The number of ketones is 1. The number of Topliss-reactive ketones (excluding diaryl/α,β-unsaturated/α-hetero) is 1. The van der Waals surface area contributed by atoms with Gasteiger partial charge in [0.05, 0.1) is 10.7 Å². The topological polar surface area (TPSA) is 75.9 Å². The van der Waals surface area contributed by atoms with Crippen LogP contribution in [-0.4, -0.2) is 17.6 Å². The molecule has 0 atom stereocenters. The fraction of sp³-hybridized carbons (Fsp3) is 0. The van der Waals surface area contributed by atoms with Gasteiger partial charge in [0.1, 0.15) is 0 Å². The van der Waals surface area contributed by atoms with Crippen molar-refractivity contribution in [2.75, 3.05) is 0 Å². The van der Waals surface area contributed by atoms with Crippen LogP contribution in [0.25, 0.3) is 0 Å². The number of fused-ring (bicyclic) bond motifs is 1. The molecule has 14 heavy (non-hydrogen) atoms. The molecule has 5 nitrogen and oxygen atoms in total. The van der Waals surface area contributed by atoms with Gasteiger partial charge in [0.15, 0.2) is 0 Å². The van der Waals surface area contributed by atoms with Crippen LogP contribution in [0.2, 0.25) is 0 Å². The van der Waals surface area contributed by atoms with Gasteiger partial charge in [-0.3, -0.25) is 14.4 Å². The van der Waals surface area contributed by atoms with Crippen LogP contribution in [0.5, 0.6) is 0 Å². The molecule has 0 saturated heterocycles. The second-order valence-electron chi connectivity index (χ2n) is 2.65. The summed E-state index contributed by atoms with van der Waals surface area (Å²) in [5, 5.41) is 0.494. The average Bonchev–Trinajstić information content (AvgIpc) is 2.28. The van der Waals surface area contributed by atoms with Crippen LogP contribution in [-0.2, 0) is 14.4 Å². The number of amides is 2. The van der Waals surface area contributed by atoms with Gasteiger partial charge in [-0.05, 0) is 12.1 Å². The monoisotopic (exact) mass is 188 g/mol. The Balaban J connectivity index is 2.86. The van der Waals surface area contributed by atoms with Crippen molar-refractivity contribution in [3.63, 3.8) is 0 Å². The zero-order valence-corrected chi connectivity index (χ0v) is 6.93. The molecule has 1 aliphatic heterocycles. The van der Waals surface area contributed by atoms with Crippen molar-refractivity contribution in [3.05, 3.63) is 35.0 Å². The predicted molar refractivity (Wildman–Crippen MR) is 43.8 cm³/mol. The van der Waals surface area contributed by atoms with E-state index in [2.05, 4.69) is 9.98 Å². The first-order chi connectivity index (χ1) is 6.68. The standard InChI is InChI=1S/C9H4N2O3/c12-7-8(13)10-5-3-1-2-4-6(5)11-9(7)14/h1-4H. The maximum absolute atomic E-state index is 11.0. The van der Waals surface area contributed by atoms with E-state index in [0.717, 1.165) is 0 Å². The highest BCUT2D eigenvalue weighted by atomic mass is 16.2. The average molecular weight is 188 g/mol. The minimum atomic E-state index is -1.19. The van der Waals surface area contributed by atoms with Gasteiger partial charge in [0.25, 0.3) is 0 Å². The van der Waals surface area contributed by atoms with E-state index in [4.69, 9.17) is 0 Å². The first kappa shape index (κ1) is 8.43. The van der Waals surface area contributed by atoms with Crippen molar-refractivity contribution in [2.24, 2.45) is 9.98 Å². The van der Waals surface area contributed by atoms with E-state index in [1.807, 2.05) is 0 Å². The maximum Gasteiger partial charge on any atom is 0.324 e. The molecule has 0 aliphatic carbocycles. The summed E-state index contributed by atoms with van der Waals surface area (Å²) < 4.78 is 0. The van der Waals surface area contributed by atoms with E-state index >= 15 is 0 Å². The molecule has 0 bridgehead atoms. The molecule has 2 amide bonds. The summed E-state index contributed by atoms with van der Waals surface area (Å²) in [7, 11) is 0. The van der Waals surface area contributed by atoms with E-state index in [-0.39, 0.29) is 10.7 Å². The second kappa shape index (κ2) is 2.95. The SMILES string of the molecule is O=C1N=c2ccccc2=NC(=O)C1=O. The number of nitrogens with zero attached hydrogens (tertiary/aromatic N) is 2. The van der Waals surface area contributed by atoms with Gasteiger partial charge >= 0.3 is 17.6 Å². The Morgan fingerprint density at radius 1 is 0.786 bits per heavy atom. The highest BCUT2D eigenvalue weighted by molar-refractivity contribution is 6.63. The molecular formula is C9H4N2O3. The van der Waals surface area contributed by atoms with Crippen molar-refractivity contribution in [1.29, 1.82) is 0 Å². The molecule has 1 aromatic carbocycles. The quantitative estimate of drug-likeness (QED) is 0.468. The molecule has 0 saturated carbocycles. The Hall–Kier alpha value is -2.17. The minimum absolute atomic E-state index is 0.247. The number of para-hydroxylation sites is 2. The van der Waals surface area contributed by atoms with E-state index in [0.29, 0.717) is 0 Å². The fourth-order valence-electron chi connectivity index (χ4n) is 1.07. The Kier molecular flexibility index (Phi) is 1.78. The molecule has 2 rings (SSSR count). The number of benzene rings is 1. The summed E-state index contributed by atoms with van der Waals surface area (Å²) in [5.41, 5.74) is 0. The Labute approximate surface area is 77.8 Å². The van der Waals surface area contributed by atoms with E-state index in [9.17, 15) is 14.4 Å². The second-order valence-corrected chi connectivity index (χ2v) is 2.65. The molecule has 1 aliphatic rings. The first-order valence-electron chi connectivity index (χ1n) is 3.83. The number of carbonyl (C=O) groups is 3. The Bertz CT molecular complexity index is 511. The summed E-state index contributed by atoms with van der Waals surface area (Å²) in [5.74, 6) is -3.33. The van der Waals surface area contributed by atoms with Gasteiger partial charge in [-0.2, -0.15) is 0 Å². The lowest BCUT2D eigenvalue weighted by Gasteiger charge is -1.82. The summed E-state index contributed by atoms with van der Waals surface area (Å²) >= 11 is 0. The van der Waals surface area contributed by atoms with Gasteiger partial charge in [0, 0.05) is 0 Å². The van der Waals surface area contributed by atoms with Gasteiger partial charge < -0.3 is 0 Å². The molecule has 0 radical (unpaired) electrons. The van der Waals surface area contributed by atoms with Crippen molar-refractivity contribution in [2.45, 2.75) is 0 Å². The molecule has 0 fully saturated rings. The fourth-order valence-corrected chi connectivity index (χ4v) is 1.07. The lowest BCUT2D eigenvalue weighted by atomic mass is 10.3. The molecule has 1 heterocycles. The number of rotatable bonds is 0. The molecule has 0 aromatic heterocycles. The van der Waals surface area contributed by atoms with Gasteiger partial charge in [-0.1, -0.05) is 12.1 Å². The molecule has 0 unspecified atom stereocenters. The highest BCUT2D eigenvalue weighted by Gasteiger charge is 2.23. The maximum atomic E-state index is 11.0. The zero-order valence-electron chi connectivity index (χ0n) is 6.93. The van der Waals surface area contributed by atoms with E-state index in [1.165, 1.54) is 12.1 Å². The third-order valence-corrected chi connectivity index (χ3v) is 1.71. The molecule has 5 heteroatoms. The van der Waals surface area contributed by atoms with Crippen LogP contribution in [0, 0.1) is 0 Å². The zero-order chi connectivity index (χ0) is 10.1. The third kappa shape index (κ3) is 1.24. The Morgan fingerprint density at radius 3 is 1.64 bits per heavy atom. The summed E-state index contributed by atoms with van der Waals surface area (Å²) in [4.78, 5) is 39.8. The molecule has 0 N–H and O–H groups in total. The largest absolute Gasteiger partial charge is 0.324 e. The van der Waals surface area contributed by atoms with Crippen LogP contribution in [0.15, 0.2) is 34.3 Å². The highest BCUT2D eigenvalue weighted by Crippen LogP contribution is 1.86. The lowest BCUT2D eigenvalue weighted by Crippen LogP contribution is -2.24. The third-order valence-electron chi connectivity index (χ3n) is 1.71. The van der Waals surface area contributed by atoms with E-state index in [1.54, 1.807) is 12.1 Å². The van der Waals surface area contributed by atoms with Crippen LogP contribution < -0.4 is 10.7 Å². The van der Waals surface area contributed by atoms with Crippen molar-refractivity contribution in [1.82, 2.24) is 0 Å². The smallest absolute Gasteiger partial charge is 0.277 e. The van der Waals surface area contributed by atoms with Crippen LogP contribution in [0.3, 0.4) is 0 Å². The van der Waals surface area contributed by atoms with Gasteiger partial charge in [-0.25, -0.2) is 9.98 Å². The molecule has 68 valence electrons. The van der Waals surface area contributed by atoms with Crippen molar-refractivity contribution < 1.29 is 14.4 Å². The summed E-state index contributed by atoms with van der Waals surface area (Å²) in [6.07, 6.45) is 0. The van der Waals surface area contributed by atoms with Crippen molar-refractivity contribution in [3.8, 4) is 0 Å². The normalized spacial score (nSPS) is 15.3. The Morgan fingerprint density at radius 2 is 1.21 bits per heavy atom. The van der Waals surface area contributed by atoms with Gasteiger partial charge in [0.2, 0.25) is 0 Å². The lowest BCUT2D eigenvalue weighted by molar-refractivity contribution is -0.143. The number of hydrogen-bond donors (Lipinski definition) is 0. The van der Waals surface area contributed by atoms with Crippen molar-refractivity contribution >= 4 is 17.6 Å². The first-order valence-corrected chi connectivity index (χ1v) is 3.83.